The summed E-state index contributed by atoms with van der Waals surface area (Å²) in [5.41, 5.74) is 0. The predicted octanol–water partition coefficient (Wildman–Crippen LogP) is 0.363. The van der Waals surface area contributed by atoms with E-state index in [-0.39, 0.29) is 12.2 Å². The highest BCUT2D eigenvalue weighted by atomic mass is 16.6. The first-order valence-corrected chi connectivity index (χ1v) is 2.49. The molecule has 0 aromatic carbocycles. The molecule has 2 nitrogen and oxygen atoms in total. The number of hydrogen-bond donors (Lipinski definition) is 0. The second-order valence-electron chi connectivity index (χ2n) is 1.68. The second-order valence-corrected chi connectivity index (χ2v) is 1.68. The molecule has 7 heavy (non-hydrogen) atoms. The van der Waals surface area contributed by atoms with E-state index >= 15 is 0 Å². The third-order valence-electron chi connectivity index (χ3n) is 1.16. The first-order chi connectivity index (χ1) is 3.38. The van der Waals surface area contributed by atoms with Gasteiger partial charge in [-0.25, -0.2) is 0 Å². The fourth-order valence-electron chi connectivity index (χ4n) is 0.605. The van der Waals surface area contributed by atoms with Gasteiger partial charge in [-0.3, -0.25) is 0 Å². The van der Waals surface area contributed by atoms with Gasteiger partial charge >= 0.3 is 0 Å². The maximum Gasteiger partial charge on any atom is 0.151 e. The predicted molar refractivity (Wildman–Crippen MR) is 25.0 cm³/mol. The Morgan fingerprint density at radius 2 is 2.57 bits per heavy atom. The molecule has 1 saturated heterocycles. The van der Waals surface area contributed by atoms with Gasteiger partial charge in [0.1, 0.15) is 6.10 Å². The zero-order valence-electron chi connectivity index (χ0n) is 4.26. The molecule has 1 fully saturated rings. The topological polar surface area (TPSA) is 29.6 Å². The average molecular weight is 100 g/mol. The third-order valence-corrected chi connectivity index (χ3v) is 1.16. The van der Waals surface area contributed by atoms with Crippen molar-refractivity contribution < 1.29 is 9.53 Å². The molecular formula is C5H8O2. The van der Waals surface area contributed by atoms with Crippen molar-refractivity contribution in [3.63, 3.8) is 0 Å². The largest absolute Gasteiger partial charge is 0.362 e. The number of rotatable bonds is 2. The highest BCUT2D eigenvalue weighted by molar-refractivity contribution is 5.60. The molecular weight excluding hydrogens is 92.1 g/mol. The molecule has 1 aliphatic heterocycles. The van der Waals surface area contributed by atoms with Crippen LogP contribution in [0.4, 0.5) is 0 Å². The Bertz CT molecular complexity index is 80.1. The summed E-state index contributed by atoms with van der Waals surface area (Å²) in [6.45, 7) is 2.01. The van der Waals surface area contributed by atoms with E-state index in [1.165, 1.54) is 0 Å². The van der Waals surface area contributed by atoms with E-state index in [9.17, 15) is 4.79 Å². The molecule has 0 aliphatic carbocycles. The van der Waals surface area contributed by atoms with Crippen LogP contribution < -0.4 is 0 Å². The Balaban J connectivity index is 2.17. The average Bonchev–Trinajstić information content (AvgIpc) is 2.43. The second kappa shape index (κ2) is 1.62. The van der Waals surface area contributed by atoms with Gasteiger partial charge in [-0.1, -0.05) is 6.92 Å². The number of carbonyl (C=O) groups excluding carboxylic acids is 1. The van der Waals surface area contributed by atoms with Crippen LogP contribution in [0.2, 0.25) is 0 Å². The molecule has 0 aromatic heterocycles. The first kappa shape index (κ1) is 4.78. The van der Waals surface area contributed by atoms with Crippen LogP contribution in [0, 0.1) is 0 Å². The summed E-state index contributed by atoms with van der Waals surface area (Å²) in [5.74, 6) is 0. The van der Waals surface area contributed by atoms with E-state index in [2.05, 4.69) is 0 Å². The lowest BCUT2D eigenvalue weighted by atomic mass is 10.3. The molecule has 1 heterocycles. The lowest BCUT2D eigenvalue weighted by molar-refractivity contribution is -0.108. The summed E-state index contributed by atoms with van der Waals surface area (Å²) in [5, 5.41) is 0. The minimum Gasteiger partial charge on any atom is -0.362 e. The molecule has 2 heteroatoms. The van der Waals surface area contributed by atoms with Crippen molar-refractivity contribution in [2.75, 3.05) is 0 Å². The molecule has 0 N–H and O–H groups in total. The number of epoxide rings is 1. The van der Waals surface area contributed by atoms with Crippen molar-refractivity contribution in [2.24, 2.45) is 0 Å². The monoisotopic (exact) mass is 100 g/mol. The number of aldehydes is 1. The first-order valence-electron chi connectivity index (χ1n) is 2.49. The van der Waals surface area contributed by atoms with E-state index < -0.39 is 0 Å². The summed E-state index contributed by atoms with van der Waals surface area (Å²) < 4.78 is 4.85. The zero-order valence-corrected chi connectivity index (χ0v) is 4.26. The summed E-state index contributed by atoms with van der Waals surface area (Å²) in [4.78, 5) is 9.81. The lowest BCUT2D eigenvalue weighted by Crippen LogP contribution is -1.90. The van der Waals surface area contributed by atoms with Crippen LogP contribution in [-0.4, -0.2) is 18.5 Å². The molecule has 0 spiro atoms. The van der Waals surface area contributed by atoms with Crippen molar-refractivity contribution in [1.29, 1.82) is 0 Å². The van der Waals surface area contributed by atoms with E-state index in [4.69, 9.17) is 4.74 Å². The fourth-order valence-corrected chi connectivity index (χ4v) is 0.605. The molecule has 40 valence electrons. The van der Waals surface area contributed by atoms with Crippen LogP contribution in [0.5, 0.6) is 0 Å². The Morgan fingerprint density at radius 3 is 2.71 bits per heavy atom. The van der Waals surface area contributed by atoms with Crippen molar-refractivity contribution in [1.82, 2.24) is 0 Å². The van der Waals surface area contributed by atoms with Crippen LogP contribution in [0.1, 0.15) is 13.3 Å². The molecule has 0 amide bonds. The normalized spacial score (nSPS) is 37.9. The summed E-state index contributed by atoms with van der Waals surface area (Å²) >= 11 is 0. The van der Waals surface area contributed by atoms with Gasteiger partial charge < -0.3 is 9.53 Å². The Hall–Kier alpha value is -0.370. The zero-order chi connectivity index (χ0) is 5.28. The summed E-state index contributed by atoms with van der Waals surface area (Å²) in [7, 11) is 0. The van der Waals surface area contributed by atoms with Crippen molar-refractivity contribution in [3.8, 4) is 0 Å². The molecule has 0 unspecified atom stereocenters. The maximum atomic E-state index is 9.81. The molecule has 0 radical (unpaired) electrons. The van der Waals surface area contributed by atoms with Crippen LogP contribution in [-0.2, 0) is 9.53 Å². The van der Waals surface area contributed by atoms with Gasteiger partial charge in [0.05, 0.1) is 6.10 Å². The highest BCUT2D eigenvalue weighted by Gasteiger charge is 2.36. The Labute approximate surface area is 42.5 Å². The van der Waals surface area contributed by atoms with Gasteiger partial charge in [0.15, 0.2) is 6.29 Å². The molecule has 0 saturated carbocycles. The van der Waals surface area contributed by atoms with Crippen molar-refractivity contribution in [2.45, 2.75) is 25.6 Å². The molecule has 0 bridgehead atoms. The maximum absolute atomic E-state index is 9.81. The van der Waals surface area contributed by atoms with E-state index in [1.54, 1.807) is 0 Å². The lowest BCUT2D eigenvalue weighted by Gasteiger charge is -1.72. The smallest absolute Gasteiger partial charge is 0.151 e. The van der Waals surface area contributed by atoms with Gasteiger partial charge in [0.2, 0.25) is 0 Å². The van der Waals surface area contributed by atoms with Crippen LogP contribution in [0.3, 0.4) is 0 Å². The Kier molecular flexibility index (Phi) is 1.11. The van der Waals surface area contributed by atoms with E-state index in [1.807, 2.05) is 6.92 Å². The van der Waals surface area contributed by atoms with Crippen LogP contribution in [0.25, 0.3) is 0 Å². The van der Waals surface area contributed by atoms with Crippen LogP contribution >= 0.6 is 0 Å². The number of ether oxygens (including phenoxy) is 1. The SMILES string of the molecule is CC[C@H]1O[C@H]1C=O. The fraction of sp³-hybridized carbons (Fsp3) is 0.800. The summed E-state index contributed by atoms with van der Waals surface area (Å²) in [6, 6.07) is 0. The van der Waals surface area contributed by atoms with E-state index in [0.29, 0.717) is 0 Å². The van der Waals surface area contributed by atoms with Gasteiger partial charge in [-0.05, 0) is 6.42 Å². The minimum absolute atomic E-state index is 0.0648. The van der Waals surface area contributed by atoms with Gasteiger partial charge in [0, 0.05) is 0 Å². The molecule has 1 aliphatic rings. The van der Waals surface area contributed by atoms with Crippen molar-refractivity contribution in [3.05, 3.63) is 0 Å². The number of carbonyl (C=O) groups is 1. The van der Waals surface area contributed by atoms with Gasteiger partial charge in [-0.15, -0.1) is 0 Å². The standard InChI is InChI=1S/C5H8O2/c1-2-4-5(3-6)7-4/h3-5H,2H2,1H3/t4-,5+/m1/s1. The molecule has 0 aromatic rings. The van der Waals surface area contributed by atoms with Gasteiger partial charge in [-0.2, -0.15) is 0 Å². The number of hydrogen-bond acceptors (Lipinski definition) is 2. The van der Waals surface area contributed by atoms with E-state index in [0.717, 1.165) is 12.7 Å². The quantitative estimate of drug-likeness (QED) is 0.370. The van der Waals surface area contributed by atoms with Gasteiger partial charge in [0.25, 0.3) is 0 Å². The van der Waals surface area contributed by atoms with Crippen molar-refractivity contribution >= 4 is 6.29 Å². The molecule has 2 atom stereocenters. The highest BCUT2D eigenvalue weighted by Crippen LogP contribution is 2.21. The Morgan fingerprint density at radius 1 is 1.86 bits per heavy atom. The third kappa shape index (κ3) is 0.800. The molecule has 1 rings (SSSR count). The minimum atomic E-state index is -0.0648. The van der Waals surface area contributed by atoms with Crippen LogP contribution in [0.15, 0.2) is 0 Å². The summed E-state index contributed by atoms with van der Waals surface area (Å²) in [6.07, 6.45) is 2.00.